The molecule has 4 nitrogen and oxygen atoms in total. The number of nitrogens with one attached hydrogen (secondary N) is 1. The first-order valence-corrected chi connectivity index (χ1v) is 1.66. The summed E-state index contributed by atoms with van der Waals surface area (Å²) in [6.07, 6.45) is 1.30. The van der Waals surface area contributed by atoms with Crippen LogP contribution >= 0.6 is 0 Å². The zero-order valence-electron chi connectivity index (χ0n) is 3.42. The van der Waals surface area contributed by atoms with E-state index in [1.807, 2.05) is 0 Å². The highest BCUT2D eigenvalue weighted by Gasteiger charge is 1.85. The standard InChI is InChI=1S/C3H2N4/c1-4-3-5-2-6-7-3/h2H,(H,5,6,7). The lowest BCUT2D eigenvalue weighted by atomic mass is 11.1. The number of hydrogen-bond donors (Lipinski definition) is 1. The van der Waals surface area contributed by atoms with Crippen LogP contribution in [0, 0.1) is 6.57 Å². The number of nitrogens with zero attached hydrogens (tertiary/aromatic N) is 3. The molecule has 0 saturated heterocycles. The first-order chi connectivity index (χ1) is 3.43. The van der Waals surface area contributed by atoms with E-state index in [1.165, 1.54) is 6.33 Å². The molecule has 0 unspecified atom stereocenters. The molecule has 0 spiro atoms. The maximum Gasteiger partial charge on any atom is 0.357 e. The average molecular weight is 94.1 g/mol. The Hall–Kier alpha value is -1.37. The molecule has 0 aliphatic rings. The molecule has 34 valence electrons. The molecular weight excluding hydrogens is 92.1 g/mol. The number of H-pyrrole nitrogens is 1. The molecule has 1 rings (SSSR count). The lowest BCUT2D eigenvalue weighted by Gasteiger charge is -1.67. The maximum absolute atomic E-state index is 6.35. The predicted octanol–water partition coefficient (Wildman–Crippen LogP) is 0.355. The van der Waals surface area contributed by atoms with E-state index in [9.17, 15) is 0 Å². The number of rotatable bonds is 0. The molecule has 0 aliphatic heterocycles. The fourth-order valence-electron chi connectivity index (χ4n) is 0.253. The summed E-state index contributed by atoms with van der Waals surface area (Å²) in [6, 6.07) is 0. The minimum absolute atomic E-state index is 0.236. The maximum atomic E-state index is 6.35. The van der Waals surface area contributed by atoms with Crippen molar-refractivity contribution >= 4 is 5.95 Å². The lowest BCUT2D eigenvalue weighted by Crippen LogP contribution is -1.58. The minimum atomic E-state index is 0.236. The van der Waals surface area contributed by atoms with E-state index in [0.717, 1.165) is 0 Å². The van der Waals surface area contributed by atoms with Gasteiger partial charge < -0.3 is 4.85 Å². The Bertz CT molecular complexity index is 169. The van der Waals surface area contributed by atoms with Crippen molar-refractivity contribution in [3.8, 4) is 0 Å². The Morgan fingerprint density at radius 1 is 1.86 bits per heavy atom. The van der Waals surface area contributed by atoms with E-state index in [2.05, 4.69) is 20.0 Å². The number of aromatic nitrogens is 3. The monoisotopic (exact) mass is 94.0 g/mol. The molecule has 1 N–H and O–H groups in total. The Kier molecular flexibility index (Phi) is 0.755. The number of hydrogen-bond acceptors (Lipinski definition) is 2. The van der Waals surface area contributed by atoms with E-state index < -0.39 is 0 Å². The van der Waals surface area contributed by atoms with E-state index in [1.54, 1.807) is 0 Å². The molecule has 1 aromatic rings. The molecule has 0 saturated carbocycles. The molecule has 0 aliphatic carbocycles. The van der Waals surface area contributed by atoms with Crippen LogP contribution in [0.15, 0.2) is 6.33 Å². The largest absolute Gasteiger partial charge is 0.395 e. The van der Waals surface area contributed by atoms with Crippen LogP contribution in [0.5, 0.6) is 0 Å². The van der Waals surface area contributed by atoms with Gasteiger partial charge in [0.25, 0.3) is 0 Å². The first-order valence-electron chi connectivity index (χ1n) is 1.66. The third kappa shape index (κ3) is 0.550. The first kappa shape index (κ1) is 3.81. The molecular formula is C3H2N4. The van der Waals surface area contributed by atoms with Crippen LogP contribution in [0.2, 0.25) is 0 Å². The molecule has 0 bridgehead atoms. The van der Waals surface area contributed by atoms with Crippen molar-refractivity contribution in [3.63, 3.8) is 0 Å². The fourth-order valence-corrected chi connectivity index (χ4v) is 0.253. The highest BCUT2D eigenvalue weighted by atomic mass is 15.2. The summed E-state index contributed by atoms with van der Waals surface area (Å²) in [5.41, 5.74) is 0. The van der Waals surface area contributed by atoms with Gasteiger partial charge in [0, 0.05) is 0 Å². The van der Waals surface area contributed by atoms with Crippen molar-refractivity contribution in [2.75, 3.05) is 0 Å². The van der Waals surface area contributed by atoms with Gasteiger partial charge in [-0.3, -0.25) is 0 Å². The van der Waals surface area contributed by atoms with Crippen molar-refractivity contribution in [3.05, 3.63) is 17.7 Å². The van der Waals surface area contributed by atoms with Gasteiger partial charge in [-0.05, 0) is 0 Å². The fraction of sp³-hybridized carbons (Fsp3) is 0. The van der Waals surface area contributed by atoms with Crippen LogP contribution in [-0.4, -0.2) is 15.2 Å². The van der Waals surface area contributed by atoms with Gasteiger partial charge in [-0.25, -0.2) is 5.10 Å². The van der Waals surface area contributed by atoms with Crippen molar-refractivity contribution < 1.29 is 0 Å². The van der Waals surface area contributed by atoms with Crippen molar-refractivity contribution in [1.29, 1.82) is 0 Å². The topological polar surface area (TPSA) is 45.9 Å². The van der Waals surface area contributed by atoms with E-state index in [0.29, 0.717) is 0 Å². The third-order valence-corrected chi connectivity index (χ3v) is 0.508. The second-order valence-electron chi connectivity index (χ2n) is 0.921. The summed E-state index contributed by atoms with van der Waals surface area (Å²) in [5, 5.41) is 5.81. The summed E-state index contributed by atoms with van der Waals surface area (Å²) in [4.78, 5) is 6.47. The normalized spacial score (nSPS) is 7.86. The molecule has 1 heterocycles. The van der Waals surface area contributed by atoms with E-state index in [4.69, 9.17) is 6.57 Å². The van der Waals surface area contributed by atoms with Crippen molar-refractivity contribution in [2.45, 2.75) is 0 Å². The minimum Gasteiger partial charge on any atom is -0.395 e. The van der Waals surface area contributed by atoms with Gasteiger partial charge in [-0.15, -0.1) is 16.7 Å². The zero-order valence-corrected chi connectivity index (χ0v) is 3.42. The second kappa shape index (κ2) is 1.39. The quantitative estimate of drug-likeness (QED) is 0.471. The highest BCUT2D eigenvalue weighted by molar-refractivity contribution is 5.19. The van der Waals surface area contributed by atoms with Gasteiger partial charge in [-0.1, -0.05) is 0 Å². The summed E-state index contributed by atoms with van der Waals surface area (Å²) >= 11 is 0. The van der Waals surface area contributed by atoms with Crippen LogP contribution < -0.4 is 0 Å². The van der Waals surface area contributed by atoms with Crippen molar-refractivity contribution in [2.24, 2.45) is 0 Å². The smallest absolute Gasteiger partial charge is 0.357 e. The van der Waals surface area contributed by atoms with Gasteiger partial charge in [0.1, 0.15) is 0 Å². The van der Waals surface area contributed by atoms with Gasteiger partial charge in [0.05, 0.1) is 0 Å². The Morgan fingerprint density at radius 3 is 3.00 bits per heavy atom. The molecule has 0 amide bonds. The number of aromatic amines is 1. The SMILES string of the molecule is [C-]#[N+]c1ncn[nH]1. The Morgan fingerprint density at radius 2 is 2.71 bits per heavy atom. The highest BCUT2D eigenvalue weighted by Crippen LogP contribution is 1.94. The summed E-state index contributed by atoms with van der Waals surface area (Å²) in [7, 11) is 0. The van der Waals surface area contributed by atoms with Crippen molar-refractivity contribution in [1.82, 2.24) is 15.2 Å². The predicted molar refractivity (Wildman–Crippen MR) is 22.6 cm³/mol. The average Bonchev–Trinajstić information content (AvgIpc) is 2.14. The molecule has 0 radical (unpaired) electrons. The zero-order chi connectivity index (χ0) is 5.11. The van der Waals surface area contributed by atoms with Crippen LogP contribution in [0.1, 0.15) is 0 Å². The summed E-state index contributed by atoms with van der Waals surface area (Å²) < 4.78 is 0. The van der Waals surface area contributed by atoms with Gasteiger partial charge in [0.15, 0.2) is 0 Å². The summed E-state index contributed by atoms with van der Waals surface area (Å²) in [5.74, 6) is 0.236. The van der Waals surface area contributed by atoms with Gasteiger partial charge >= 0.3 is 5.95 Å². The molecule has 0 fully saturated rings. The second-order valence-corrected chi connectivity index (χ2v) is 0.921. The Balaban J connectivity index is 3.04. The van der Waals surface area contributed by atoms with Crippen LogP contribution in [-0.2, 0) is 0 Å². The van der Waals surface area contributed by atoms with Crippen LogP contribution in [0.3, 0.4) is 0 Å². The molecule has 4 heteroatoms. The summed E-state index contributed by atoms with van der Waals surface area (Å²) in [6.45, 7) is 6.35. The third-order valence-electron chi connectivity index (χ3n) is 0.508. The molecule has 0 atom stereocenters. The van der Waals surface area contributed by atoms with Crippen LogP contribution in [0.25, 0.3) is 4.85 Å². The van der Waals surface area contributed by atoms with E-state index in [-0.39, 0.29) is 5.95 Å². The molecule has 7 heavy (non-hydrogen) atoms. The van der Waals surface area contributed by atoms with Gasteiger partial charge in [0.2, 0.25) is 6.33 Å². The van der Waals surface area contributed by atoms with Gasteiger partial charge in [-0.2, -0.15) is 0 Å². The van der Waals surface area contributed by atoms with Crippen LogP contribution in [0.4, 0.5) is 5.95 Å². The molecule has 0 aromatic carbocycles. The lowest BCUT2D eigenvalue weighted by molar-refractivity contribution is 1.10. The van der Waals surface area contributed by atoms with E-state index >= 15 is 0 Å². The molecule has 1 aromatic heterocycles. The Labute approximate surface area is 40.0 Å².